The summed E-state index contributed by atoms with van der Waals surface area (Å²) < 4.78 is 28.0. The molecule has 0 aliphatic rings. The van der Waals surface area contributed by atoms with Gasteiger partial charge >= 0.3 is 0 Å². The molecule has 0 atom stereocenters. The number of amides is 1. The number of carbonyl (C=O) groups is 1. The third kappa shape index (κ3) is 3.81. The van der Waals surface area contributed by atoms with E-state index in [2.05, 4.69) is 5.10 Å². The van der Waals surface area contributed by atoms with E-state index in [9.17, 15) is 18.4 Å². The number of rotatable bonds is 4. The Kier molecular flexibility index (Phi) is 4.85. The molecule has 0 saturated heterocycles. The fraction of sp³-hybridized carbons (Fsp3) is 0.0556. The highest BCUT2D eigenvalue weighted by Gasteiger charge is 2.09. The average molecular weight is 356 g/mol. The molecule has 6 nitrogen and oxygen atoms in total. The molecule has 1 heterocycles. The zero-order valence-corrected chi connectivity index (χ0v) is 13.4. The van der Waals surface area contributed by atoms with Crippen molar-refractivity contribution in [3.05, 3.63) is 87.7 Å². The molecular formula is C18H14F2N4O2. The van der Waals surface area contributed by atoms with E-state index in [-0.39, 0.29) is 23.4 Å². The van der Waals surface area contributed by atoms with Gasteiger partial charge in [0.15, 0.2) is 0 Å². The molecule has 3 rings (SSSR count). The Bertz CT molecular complexity index is 1010. The van der Waals surface area contributed by atoms with Gasteiger partial charge in [-0.25, -0.2) is 19.3 Å². The minimum atomic E-state index is -0.736. The molecule has 0 saturated carbocycles. The zero-order chi connectivity index (χ0) is 18.7. The van der Waals surface area contributed by atoms with Gasteiger partial charge in [0.25, 0.3) is 11.5 Å². The first kappa shape index (κ1) is 17.4. The number of hydrazine groups is 1. The van der Waals surface area contributed by atoms with Crippen molar-refractivity contribution in [2.75, 3.05) is 0 Å². The molecule has 0 bridgehead atoms. The van der Waals surface area contributed by atoms with Gasteiger partial charge in [-0.3, -0.25) is 15.0 Å². The Morgan fingerprint density at radius 2 is 1.81 bits per heavy atom. The molecule has 26 heavy (non-hydrogen) atoms. The lowest BCUT2D eigenvalue weighted by molar-refractivity contribution is 0.0953. The van der Waals surface area contributed by atoms with Gasteiger partial charge in [-0.1, -0.05) is 12.1 Å². The number of nitrogens with one attached hydrogen (secondary N) is 1. The first-order valence-electron chi connectivity index (χ1n) is 7.61. The van der Waals surface area contributed by atoms with Crippen molar-refractivity contribution < 1.29 is 13.6 Å². The van der Waals surface area contributed by atoms with Gasteiger partial charge in [0, 0.05) is 23.3 Å². The second kappa shape index (κ2) is 7.24. The first-order chi connectivity index (χ1) is 12.5. The number of carbonyl (C=O) groups excluding carboxylic acids is 1. The van der Waals surface area contributed by atoms with Crippen LogP contribution < -0.4 is 16.8 Å². The van der Waals surface area contributed by atoms with Crippen molar-refractivity contribution in [3.8, 4) is 11.3 Å². The van der Waals surface area contributed by atoms with Crippen LogP contribution in [0.5, 0.6) is 0 Å². The lowest BCUT2D eigenvalue weighted by Gasteiger charge is -2.09. The number of halogens is 2. The lowest BCUT2D eigenvalue weighted by atomic mass is 10.1. The van der Waals surface area contributed by atoms with Gasteiger partial charge in [0.1, 0.15) is 11.6 Å². The number of hydrogen-bond donors (Lipinski definition) is 2. The predicted octanol–water partition coefficient (Wildman–Crippen LogP) is 1.84. The van der Waals surface area contributed by atoms with E-state index in [1.165, 1.54) is 12.1 Å². The Morgan fingerprint density at radius 1 is 1.08 bits per heavy atom. The van der Waals surface area contributed by atoms with E-state index in [1.54, 1.807) is 24.3 Å². The van der Waals surface area contributed by atoms with Crippen molar-refractivity contribution in [1.29, 1.82) is 0 Å². The highest BCUT2D eigenvalue weighted by molar-refractivity contribution is 5.93. The van der Waals surface area contributed by atoms with E-state index < -0.39 is 17.5 Å². The van der Waals surface area contributed by atoms with Gasteiger partial charge in [-0.05, 0) is 35.9 Å². The van der Waals surface area contributed by atoms with Crippen LogP contribution in [0.3, 0.4) is 0 Å². The van der Waals surface area contributed by atoms with Crippen LogP contribution in [0, 0.1) is 11.6 Å². The summed E-state index contributed by atoms with van der Waals surface area (Å²) in [7, 11) is 0. The van der Waals surface area contributed by atoms with Crippen LogP contribution in [0.25, 0.3) is 11.3 Å². The van der Waals surface area contributed by atoms with Crippen LogP contribution >= 0.6 is 0 Å². The summed E-state index contributed by atoms with van der Waals surface area (Å²) in [5, 5.41) is 4.16. The van der Waals surface area contributed by atoms with Gasteiger partial charge in [-0.2, -0.15) is 5.10 Å². The van der Waals surface area contributed by atoms with Gasteiger partial charge < -0.3 is 0 Å². The zero-order valence-electron chi connectivity index (χ0n) is 13.4. The van der Waals surface area contributed by atoms with Crippen molar-refractivity contribution in [3.63, 3.8) is 0 Å². The summed E-state index contributed by atoms with van der Waals surface area (Å²) in [6.45, 7) is 0.0795. The fourth-order valence-corrected chi connectivity index (χ4v) is 2.49. The number of nitrogens with two attached hydrogens (primary N) is 1. The largest absolute Gasteiger partial charge is 0.290 e. The molecule has 0 fully saturated rings. The second-order valence-corrected chi connectivity index (χ2v) is 5.55. The molecule has 0 spiro atoms. The molecule has 132 valence electrons. The maximum atomic E-state index is 13.4. The summed E-state index contributed by atoms with van der Waals surface area (Å²) in [5.41, 5.74) is 3.08. The summed E-state index contributed by atoms with van der Waals surface area (Å²) in [6.07, 6.45) is 0. The average Bonchev–Trinajstić information content (AvgIpc) is 2.62. The van der Waals surface area contributed by atoms with Crippen molar-refractivity contribution in [2.24, 2.45) is 5.84 Å². The number of nitrogens with zero attached hydrogens (tertiary/aromatic N) is 2. The van der Waals surface area contributed by atoms with Gasteiger partial charge in [0.05, 0.1) is 12.2 Å². The van der Waals surface area contributed by atoms with Crippen LogP contribution in [-0.2, 0) is 6.54 Å². The third-order valence-corrected chi connectivity index (χ3v) is 3.68. The molecule has 3 N–H and O–H groups in total. The molecule has 2 aromatic carbocycles. The van der Waals surface area contributed by atoms with Crippen LogP contribution in [-0.4, -0.2) is 15.7 Å². The number of nitrogen functional groups attached to an aromatic ring is 1. The van der Waals surface area contributed by atoms with Crippen LogP contribution in [0.15, 0.2) is 59.4 Å². The molecule has 3 aromatic rings. The summed E-state index contributed by atoms with van der Waals surface area (Å²) >= 11 is 0. The van der Waals surface area contributed by atoms with E-state index in [4.69, 9.17) is 5.84 Å². The van der Waals surface area contributed by atoms with Crippen molar-refractivity contribution in [1.82, 2.24) is 15.2 Å². The van der Waals surface area contributed by atoms with E-state index in [0.29, 0.717) is 11.1 Å². The number of benzene rings is 2. The third-order valence-electron chi connectivity index (χ3n) is 3.68. The highest BCUT2D eigenvalue weighted by atomic mass is 19.1. The monoisotopic (exact) mass is 356 g/mol. The molecule has 1 amide bonds. The molecule has 0 aliphatic heterocycles. The van der Waals surface area contributed by atoms with Crippen LogP contribution in [0.4, 0.5) is 8.78 Å². The SMILES string of the molecule is NNC(=O)c1cccc(Cn2nc(-c3cc(F)cc(F)c3)ccc2=O)c1. The van der Waals surface area contributed by atoms with Crippen LogP contribution in [0.2, 0.25) is 0 Å². The number of aromatic nitrogens is 2. The normalized spacial score (nSPS) is 10.6. The minimum absolute atomic E-state index is 0.0795. The standard InChI is InChI=1S/C18H14F2N4O2/c19-14-7-13(8-15(20)9-14)16-4-5-17(25)24(23-16)10-11-2-1-3-12(6-11)18(26)22-21/h1-9H,10,21H2,(H,22,26). The smallest absolute Gasteiger partial charge is 0.267 e. The highest BCUT2D eigenvalue weighted by Crippen LogP contribution is 2.18. The Hall–Kier alpha value is -3.39. The van der Waals surface area contributed by atoms with Crippen LogP contribution in [0.1, 0.15) is 15.9 Å². The second-order valence-electron chi connectivity index (χ2n) is 5.55. The Balaban J connectivity index is 1.96. The molecule has 0 aliphatic carbocycles. The summed E-state index contributed by atoms with van der Waals surface area (Å²) in [5.74, 6) is 3.18. The van der Waals surface area contributed by atoms with Crippen molar-refractivity contribution in [2.45, 2.75) is 6.54 Å². The Labute approximate surface area is 146 Å². The van der Waals surface area contributed by atoms with Gasteiger partial charge in [-0.15, -0.1) is 0 Å². The predicted molar refractivity (Wildman–Crippen MR) is 91.0 cm³/mol. The Morgan fingerprint density at radius 3 is 2.50 bits per heavy atom. The van der Waals surface area contributed by atoms with E-state index in [0.717, 1.165) is 22.9 Å². The molecule has 8 heteroatoms. The van der Waals surface area contributed by atoms with E-state index >= 15 is 0 Å². The quantitative estimate of drug-likeness (QED) is 0.424. The topological polar surface area (TPSA) is 90.0 Å². The molecule has 0 radical (unpaired) electrons. The summed E-state index contributed by atoms with van der Waals surface area (Å²) in [6, 6.07) is 12.2. The molecule has 0 unspecified atom stereocenters. The maximum Gasteiger partial charge on any atom is 0.267 e. The number of hydrogen-bond acceptors (Lipinski definition) is 4. The maximum absolute atomic E-state index is 13.4. The molecule has 1 aromatic heterocycles. The van der Waals surface area contributed by atoms with E-state index in [1.807, 2.05) is 5.43 Å². The lowest BCUT2D eigenvalue weighted by Crippen LogP contribution is -2.30. The minimum Gasteiger partial charge on any atom is -0.290 e. The first-order valence-corrected chi connectivity index (χ1v) is 7.61. The molecular weight excluding hydrogens is 342 g/mol. The fourth-order valence-electron chi connectivity index (χ4n) is 2.49. The van der Waals surface area contributed by atoms with Gasteiger partial charge in [0.2, 0.25) is 0 Å². The summed E-state index contributed by atoms with van der Waals surface area (Å²) in [4.78, 5) is 23.7. The van der Waals surface area contributed by atoms with Crippen molar-refractivity contribution >= 4 is 5.91 Å².